The Morgan fingerprint density at radius 3 is 3.00 bits per heavy atom. The van der Waals surface area contributed by atoms with Crippen LogP contribution in [-0.2, 0) is 22.4 Å². The van der Waals surface area contributed by atoms with Gasteiger partial charge in [0.15, 0.2) is 0 Å². The first kappa shape index (κ1) is 20.5. The normalized spacial score (nSPS) is 17.0. The summed E-state index contributed by atoms with van der Waals surface area (Å²) in [6.07, 6.45) is 3.37. The van der Waals surface area contributed by atoms with Gasteiger partial charge in [0, 0.05) is 30.9 Å². The Morgan fingerprint density at radius 2 is 2.25 bits per heavy atom. The van der Waals surface area contributed by atoms with Crippen LogP contribution in [0.15, 0.2) is 29.8 Å². The number of carbonyl (C=O) groups excluding carboxylic acids is 2. The van der Waals surface area contributed by atoms with Crippen molar-refractivity contribution < 1.29 is 14.0 Å². The largest absolute Gasteiger partial charge is 0.356 e. The molecule has 1 atom stereocenters. The first-order valence-corrected chi connectivity index (χ1v) is 10.6. The molecule has 0 radical (unpaired) electrons. The van der Waals surface area contributed by atoms with Gasteiger partial charge in [0.1, 0.15) is 5.82 Å². The number of rotatable bonds is 8. The number of benzene rings is 1. The fourth-order valence-electron chi connectivity index (χ4n) is 3.47. The molecule has 0 spiro atoms. The lowest BCUT2D eigenvalue weighted by molar-refractivity contribution is -0.138. The highest BCUT2D eigenvalue weighted by atomic mass is 32.1. The molecule has 2 aromatic rings. The Bertz CT molecular complexity index is 823. The molecule has 2 heterocycles. The molecule has 5 nitrogen and oxygen atoms in total. The van der Waals surface area contributed by atoms with Crippen LogP contribution in [0.5, 0.6) is 0 Å². The molecule has 2 amide bonds. The number of thiazole rings is 1. The van der Waals surface area contributed by atoms with E-state index in [4.69, 9.17) is 0 Å². The first-order chi connectivity index (χ1) is 13.5. The van der Waals surface area contributed by atoms with Crippen LogP contribution in [0.2, 0.25) is 0 Å². The van der Waals surface area contributed by atoms with Crippen molar-refractivity contribution in [3.63, 3.8) is 0 Å². The van der Waals surface area contributed by atoms with Gasteiger partial charge >= 0.3 is 0 Å². The molecular weight excluding hydrogens is 377 g/mol. The predicted molar refractivity (Wildman–Crippen MR) is 108 cm³/mol. The lowest BCUT2D eigenvalue weighted by Crippen LogP contribution is -2.46. The fourth-order valence-corrected chi connectivity index (χ4v) is 4.30. The van der Waals surface area contributed by atoms with Crippen molar-refractivity contribution in [2.24, 2.45) is 5.92 Å². The van der Waals surface area contributed by atoms with E-state index in [1.807, 2.05) is 18.5 Å². The summed E-state index contributed by atoms with van der Waals surface area (Å²) >= 11 is 1.65. The first-order valence-electron chi connectivity index (χ1n) is 9.72. The molecule has 28 heavy (non-hydrogen) atoms. The van der Waals surface area contributed by atoms with E-state index < -0.39 is 0 Å². The van der Waals surface area contributed by atoms with Gasteiger partial charge in [0.05, 0.1) is 17.1 Å². The summed E-state index contributed by atoms with van der Waals surface area (Å²) in [5.41, 5.74) is 3.77. The smallest absolute Gasteiger partial charge is 0.224 e. The number of piperidine rings is 1. The van der Waals surface area contributed by atoms with E-state index in [9.17, 15) is 14.0 Å². The van der Waals surface area contributed by atoms with Crippen LogP contribution in [0.25, 0.3) is 0 Å². The van der Waals surface area contributed by atoms with E-state index in [0.29, 0.717) is 38.9 Å². The molecule has 1 aliphatic rings. The number of halogens is 1. The molecule has 150 valence electrons. The second-order valence-electron chi connectivity index (χ2n) is 7.21. The summed E-state index contributed by atoms with van der Waals surface area (Å²) in [6, 6.07) is 6.43. The molecule has 0 bridgehead atoms. The van der Waals surface area contributed by atoms with Gasteiger partial charge in [-0.25, -0.2) is 9.37 Å². The van der Waals surface area contributed by atoms with Crippen molar-refractivity contribution in [3.05, 3.63) is 51.7 Å². The van der Waals surface area contributed by atoms with Gasteiger partial charge in [-0.1, -0.05) is 12.1 Å². The van der Waals surface area contributed by atoms with Crippen molar-refractivity contribution in [3.8, 4) is 0 Å². The van der Waals surface area contributed by atoms with Crippen molar-refractivity contribution in [1.29, 1.82) is 0 Å². The third-order valence-electron chi connectivity index (χ3n) is 5.16. The minimum Gasteiger partial charge on any atom is -0.356 e. The summed E-state index contributed by atoms with van der Waals surface area (Å²) in [5.74, 6) is -0.353. The minimum absolute atomic E-state index is 0.0179. The molecule has 1 fully saturated rings. The van der Waals surface area contributed by atoms with Gasteiger partial charge in [0.25, 0.3) is 0 Å². The minimum atomic E-state index is -0.270. The van der Waals surface area contributed by atoms with Gasteiger partial charge in [-0.2, -0.15) is 0 Å². The summed E-state index contributed by atoms with van der Waals surface area (Å²) < 4.78 is 13.3. The summed E-state index contributed by atoms with van der Waals surface area (Å²) in [4.78, 5) is 31.9. The zero-order valence-corrected chi connectivity index (χ0v) is 16.9. The van der Waals surface area contributed by atoms with Crippen LogP contribution in [-0.4, -0.2) is 41.3 Å². The maximum Gasteiger partial charge on any atom is 0.224 e. The summed E-state index contributed by atoms with van der Waals surface area (Å²) in [5, 5.41) is 3.01. The maximum absolute atomic E-state index is 13.3. The second kappa shape index (κ2) is 9.78. The monoisotopic (exact) mass is 403 g/mol. The van der Waals surface area contributed by atoms with Gasteiger partial charge in [-0.05, 0) is 50.3 Å². The highest BCUT2D eigenvalue weighted by Crippen LogP contribution is 2.19. The molecule has 3 rings (SSSR count). The average molecular weight is 404 g/mol. The van der Waals surface area contributed by atoms with E-state index in [2.05, 4.69) is 10.3 Å². The molecule has 1 aromatic carbocycles. The Hall–Kier alpha value is -2.28. The number of hydrogen-bond acceptors (Lipinski definition) is 4. The summed E-state index contributed by atoms with van der Waals surface area (Å²) in [6.45, 7) is 3.58. The third kappa shape index (κ3) is 5.61. The molecule has 1 N–H and O–H groups in total. The van der Waals surface area contributed by atoms with Gasteiger partial charge < -0.3 is 10.2 Å². The number of carbonyl (C=O) groups is 2. The molecule has 0 saturated carbocycles. The quantitative estimate of drug-likeness (QED) is 0.689. The standard InChI is InChI=1S/C21H26FN3O2S/c1-15-19(28-14-24-15)6-3-10-23-21(27)17-7-8-20(26)25(13-17)11-9-16-4-2-5-18(22)12-16/h2,4-5,12,14,17H,3,6-11,13H2,1H3,(H,23,27)/t17-/m0/s1. The molecule has 1 saturated heterocycles. The topological polar surface area (TPSA) is 62.3 Å². The van der Waals surface area contributed by atoms with E-state index in [1.54, 1.807) is 22.3 Å². The van der Waals surface area contributed by atoms with Gasteiger partial charge in [-0.15, -0.1) is 11.3 Å². The number of nitrogens with zero attached hydrogens (tertiary/aromatic N) is 2. The highest BCUT2D eigenvalue weighted by molar-refractivity contribution is 7.09. The second-order valence-corrected chi connectivity index (χ2v) is 8.15. The zero-order chi connectivity index (χ0) is 19.9. The van der Waals surface area contributed by atoms with Crippen molar-refractivity contribution in [1.82, 2.24) is 15.2 Å². The lowest BCUT2D eigenvalue weighted by Gasteiger charge is -2.32. The van der Waals surface area contributed by atoms with E-state index in [1.165, 1.54) is 17.0 Å². The van der Waals surface area contributed by atoms with Gasteiger partial charge in [-0.3, -0.25) is 9.59 Å². The number of aromatic nitrogens is 1. The van der Waals surface area contributed by atoms with E-state index >= 15 is 0 Å². The van der Waals surface area contributed by atoms with Crippen LogP contribution < -0.4 is 5.32 Å². The third-order valence-corrected chi connectivity index (χ3v) is 6.15. The zero-order valence-electron chi connectivity index (χ0n) is 16.1. The van der Waals surface area contributed by atoms with E-state index in [-0.39, 0.29) is 23.5 Å². The lowest BCUT2D eigenvalue weighted by atomic mass is 9.96. The molecule has 0 aliphatic carbocycles. The Labute approximate surface area is 169 Å². The van der Waals surface area contributed by atoms with Crippen molar-refractivity contribution >= 4 is 23.2 Å². The van der Waals surface area contributed by atoms with Crippen LogP contribution in [0, 0.1) is 18.7 Å². The predicted octanol–water partition coefficient (Wildman–Crippen LogP) is 3.12. The Balaban J connectivity index is 1.43. The van der Waals surface area contributed by atoms with Crippen LogP contribution >= 0.6 is 11.3 Å². The van der Waals surface area contributed by atoms with Gasteiger partial charge in [0.2, 0.25) is 11.8 Å². The summed E-state index contributed by atoms with van der Waals surface area (Å²) in [7, 11) is 0. The van der Waals surface area contributed by atoms with Crippen molar-refractivity contribution in [2.75, 3.05) is 19.6 Å². The van der Waals surface area contributed by atoms with Crippen LogP contribution in [0.1, 0.15) is 35.4 Å². The molecule has 1 aromatic heterocycles. The van der Waals surface area contributed by atoms with E-state index in [0.717, 1.165) is 24.1 Å². The molecular formula is C21H26FN3O2S. The SMILES string of the molecule is Cc1ncsc1CCCNC(=O)[C@H]1CCC(=O)N(CCc2cccc(F)c2)C1. The Kier molecular flexibility index (Phi) is 7.14. The highest BCUT2D eigenvalue weighted by Gasteiger charge is 2.29. The molecule has 1 aliphatic heterocycles. The fraction of sp³-hybridized carbons (Fsp3) is 0.476. The van der Waals surface area contributed by atoms with Crippen LogP contribution in [0.3, 0.4) is 0 Å². The average Bonchev–Trinajstić information content (AvgIpc) is 3.09. The number of aryl methyl sites for hydroxylation is 2. The number of nitrogens with one attached hydrogen (secondary N) is 1. The number of likely N-dealkylation sites (tertiary alicyclic amines) is 1. The number of hydrogen-bond donors (Lipinski definition) is 1. The maximum atomic E-state index is 13.3. The van der Waals surface area contributed by atoms with Crippen LogP contribution in [0.4, 0.5) is 4.39 Å². The number of amides is 2. The van der Waals surface area contributed by atoms with Crippen molar-refractivity contribution in [2.45, 2.75) is 39.0 Å². The Morgan fingerprint density at radius 1 is 1.39 bits per heavy atom. The molecule has 0 unspecified atom stereocenters. The molecule has 7 heteroatoms.